The van der Waals surface area contributed by atoms with E-state index in [0.717, 1.165) is 5.71 Å². The summed E-state index contributed by atoms with van der Waals surface area (Å²) in [4.78, 5) is 8.94. The zero-order valence-electron chi connectivity index (χ0n) is 7.23. The summed E-state index contributed by atoms with van der Waals surface area (Å²) >= 11 is 0. The van der Waals surface area contributed by atoms with E-state index in [4.69, 9.17) is 11.3 Å². The molecule has 0 atom stereocenters. The maximum absolute atomic E-state index is 5.00. The van der Waals surface area contributed by atoms with Crippen molar-refractivity contribution in [3.63, 3.8) is 0 Å². The average Bonchev–Trinajstić information content (AvgIpc) is 2.19. The Labute approximate surface area is 77.4 Å². The first-order valence-corrected chi connectivity index (χ1v) is 3.94. The standard InChI is InChI=1S/C9H11N3O/c1-2-3-4-5-13-12-9-6-10-8-11-7-9/h1,3-4,8H,5-7H2,(H,10,11)/b4-3+. The Balaban J connectivity index is 2.20. The summed E-state index contributed by atoms with van der Waals surface area (Å²) in [5, 5.41) is 6.81. The van der Waals surface area contributed by atoms with E-state index in [1.807, 2.05) is 0 Å². The number of oxime groups is 1. The Morgan fingerprint density at radius 1 is 1.85 bits per heavy atom. The molecule has 0 saturated carbocycles. The van der Waals surface area contributed by atoms with Gasteiger partial charge in [0.2, 0.25) is 0 Å². The molecule has 0 aliphatic carbocycles. The van der Waals surface area contributed by atoms with Crippen molar-refractivity contribution < 1.29 is 4.84 Å². The van der Waals surface area contributed by atoms with Gasteiger partial charge in [-0.1, -0.05) is 11.1 Å². The molecule has 0 spiro atoms. The zero-order valence-corrected chi connectivity index (χ0v) is 7.23. The molecule has 4 nitrogen and oxygen atoms in total. The Bertz CT molecular complexity index is 273. The molecule has 1 rings (SSSR count). The van der Waals surface area contributed by atoms with Crippen LogP contribution in [0.3, 0.4) is 0 Å². The molecule has 13 heavy (non-hydrogen) atoms. The number of hydrogen-bond donors (Lipinski definition) is 1. The SMILES string of the molecule is C#C/C=C/CO/N=C1\CN=CNC1. The lowest BCUT2D eigenvalue weighted by atomic mass is 10.3. The fourth-order valence-electron chi connectivity index (χ4n) is 0.784. The molecule has 0 unspecified atom stereocenters. The molecule has 1 aliphatic rings. The summed E-state index contributed by atoms with van der Waals surface area (Å²) in [7, 11) is 0. The highest BCUT2D eigenvalue weighted by molar-refractivity contribution is 5.92. The second kappa shape index (κ2) is 5.84. The van der Waals surface area contributed by atoms with Gasteiger partial charge in [0.1, 0.15) is 6.61 Å². The molecule has 0 aromatic rings. The Morgan fingerprint density at radius 3 is 3.46 bits per heavy atom. The monoisotopic (exact) mass is 177 g/mol. The highest BCUT2D eigenvalue weighted by Gasteiger charge is 2.00. The second-order valence-electron chi connectivity index (χ2n) is 2.37. The molecule has 0 aromatic carbocycles. The first-order chi connectivity index (χ1) is 6.43. The normalized spacial score (nSPS) is 18.5. The Morgan fingerprint density at radius 2 is 2.77 bits per heavy atom. The van der Waals surface area contributed by atoms with E-state index < -0.39 is 0 Å². The van der Waals surface area contributed by atoms with Crippen molar-refractivity contribution in [1.29, 1.82) is 0 Å². The van der Waals surface area contributed by atoms with Crippen molar-refractivity contribution in [2.45, 2.75) is 0 Å². The van der Waals surface area contributed by atoms with E-state index in [9.17, 15) is 0 Å². The lowest BCUT2D eigenvalue weighted by Gasteiger charge is -2.07. The fraction of sp³-hybridized carbons (Fsp3) is 0.333. The van der Waals surface area contributed by atoms with E-state index in [1.165, 1.54) is 0 Å². The minimum atomic E-state index is 0.400. The van der Waals surface area contributed by atoms with E-state index in [0.29, 0.717) is 19.7 Å². The van der Waals surface area contributed by atoms with Gasteiger partial charge >= 0.3 is 0 Å². The molecule has 4 heteroatoms. The van der Waals surface area contributed by atoms with Gasteiger partial charge in [-0.25, -0.2) is 0 Å². The third-order valence-electron chi connectivity index (χ3n) is 1.34. The van der Waals surface area contributed by atoms with Crippen LogP contribution in [0.15, 0.2) is 22.3 Å². The van der Waals surface area contributed by atoms with E-state index in [-0.39, 0.29) is 0 Å². The van der Waals surface area contributed by atoms with Crippen molar-refractivity contribution in [2.24, 2.45) is 10.1 Å². The van der Waals surface area contributed by atoms with Crippen molar-refractivity contribution in [2.75, 3.05) is 19.7 Å². The number of aliphatic imine (C=N–C) groups is 1. The topological polar surface area (TPSA) is 46.0 Å². The quantitative estimate of drug-likeness (QED) is 0.380. The first-order valence-electron chi connectivity index (χ1n) is 3.94. The van der Waals surface area contributed by atoms with E-state index >= 15 is 0 Å². The Hall–Kier alpha value is -1.76. The van der Waals surface area contributed by atoms with Crippen LogP contribution in [0.5, 0.6) is 0 Å². The Kier molecular flexibility index (Phi) is 4.19. The van der Waals surface area contributed by atoms with Gasteiger partial charge in [0.15, 0.2) is 0 Å². The van der Waals surface area contributed by atoms with Crippen molar-refractivity contribution in [3.8, 4) is 12.3 Å². The molecular formula is C9H11N3O. The van der Waals surface area contributed by atoms with Gasteiger partial charge in [-0.05, 0) is 12.2 Å². The first kappa shape index (κ1) is 9.33. The molecule has 0 amide bonds. The molecule has 1 N–H and O–H groups in total. The number of hydrogen-bond acceptors (Lipinski definition) is 4. The lowest BCUT2D eigenvalue weighted by molar-refractivity contribution is 0.173. The van der Waals surface area contributed by atoms with Crippen LogP contribution in [-0.4, -0.2) is 31.7 Å². The minimum Gasteiger partial charge on any atom is -0.391 e. The maximum Gasteiger partial charge on any atom is 0.136 e. The second-order valence-corrected chi connectivity index (χ2v) is 2.37. The maximum atomic E-state index is 5.00. The summed E-state index contributed by atoms with van der Waals surface area (Å²) in [6.45, 7) is 1.70. The van der Waals surface area contributed by atoms with E-state index in [2.05, 4.69) is 21.4 Å². The van der Waals surface area contributed by atoms with Gasteiger partial charge in [-0.2, -0.15) is 0 Å². The molecule has 1 aliphatic heterocycles. The summed E-state index contributed by atoms with van der Waals surface area (Å²) in [6, 6.07) is 0. The summed E-state index contributed by atoms with van der Waals surface area (Å²) in [5.74, 6) is 2.36. The van der Waals surface area contributed by atoms with E-state index in [1.54, 1.807) is 18.5 Å². The van der Waals surface area contributed by atoms with Crippen molar-refractivity contribution in [1.82, 2.24) is 5.32 Å². The fourth-order valence-corrected chi connectivity index (χ4v) is 0.784. The van der Waals surface area contributed by atoms with Gasteiger partial charge in [-0.15, -0.1) is 6.42 Å². The highest BCUT2D eigenvalue weighted by atomic mass is 16.6. The molecule has 1 heterocycles. The molecule has 0 saturated heterocycles. The lowest BCUT2D eigenvalue weighted by Crippen LogP contribution is -2.28. The third kappa shape index (κ3) is 3.97. The minimum absolute atomic E-state index is 0.400. The molecule has 68 valence electrons. The van der Waals surface area contributed by atoms with Crippen LogP contribution in [0.25, 0.3) is 0 Å². The van der Waals surface area contributed by atoms with Crippen LogP contribution < -0.4 is 5.32 Å². The number of allylic oxidation sites excluding steroid dienone is 1. The number of terminal acetylenes is 1. The third-order valence-corrected chi connectivity index (χ3v) is 1.34. The number of nitrogens with zero attached hydrogens (tertiary/aromatic N) is 2. The smallest absolute Gasteiger partial charge is 0.136 e. The molecular weight excluding hydrogens is 166 g/mol. The molecule has 0 bridgehead atoms. The van der Waals surface area contributed by atoms with Crippen LogP contribution in [0.1, 0.15) is 0 Å². The molecule has 0 radical (unpaired) electrons. The van der Waals surface area contributed by atoms with Crippen molar-refractivity contribution in [3.05, 3.63) is 12.2 Å². The van der Waals surface area contributed by atoms with Crippen LogP contribution >= 0.6 is 0 Å². The molecule has 0 fully saturated rings. The van der Waals surface area contributed by atoms with Crippen molar-refractivity contribution >= 4 is 12.1 Å². The summed E-state index contributed by atoms with van der Waals surface area (Å²) < 4.78 is 0. The van der Waals surface area contributed by atoms with Gasteiger partial charge in [0.25, 0.3) is 0 Å². The van der Waals surface area contributed by atoms with Crippen LogP contribution in [0.2, 0.25) is 0 Å². The van der Waals surface area contributed by atoms with Crippen LogP contribution in [0, 0.1) is 12.3 Å². The summed E-state index contributed by atoms with van der Waals surface area (Å²) in [5.41, 5.74) is 0.886. The number of nitrogens with one attached hydrogen (secondary N) is 1. The zero-order chi connectivity index (χ0) is 9.36. The highest BCUT2D eigenvalue weighted by Crippen LogP contribution is 1.86. The summed E-state index contributed by atoms with van der Waals surface area (Å²) in [6.07, 6.45) is 9.97. The van der Waals surface area contributed by atoms with Gasteiger partial charge in [0, 0.05) is 0 Å². The van der Waals surface area contributed by atoms with Crippen LogP contribution in [0.4, 0.5) is 0 Å². The van der Waals surface area contributed by atoms with Gasteiger partial charge in [0.05, 0.1) is 25.1 Å². The van der Waals surface area contributed by atoms with Crippen LogP contribution in [-0.2, 0) is 4.84 Å². The van der Waals surface area contributed by atoms with Gasteiger partial charge in [-0.3, -0.25) is 4.99 Å². The predicted octanol–water partition coefficient (Wildman–Crippen LogP) is 0.180. The number of rotatable bonds is 3. The molecule has 0 aromatic heterocycles. The average molecular weight is 177 g/mol. The van der Waals surface area contributed by atoms with Gasteiger partial charge < -0.3 is 10.2 Å². The predicted molar refractivity (Wildman–Crippen MR) is 52.7 cm³/mol. The largest absolute Gasteiger partial charge is 0.391 e.